The van der Waals surface area contributed by atoms with Gasteiger partial charge in [-0.1, -0.05) is 23.7 Å². The topological polar surface area (TPSA) is 29.1 Å². The molecule has 4 saturated carbocycles. The largest absolute Gasteiger partial charge is 0.349 e. The van der Waals surface area contributed by atoms with E-state index in [-0.39, 0.29) is 11.5 Å². The Kier molecular flexibility index (Phi) is 3.48. The van der Waals surface area contributed by atoms with Crippen LogP contribution in [0.25, 0.3) is 0 Å². The van der Waals surface area contributed by atoms with Gasteiger partial charge in [-0.25, -0.2) is 0 Å². The Balaban J connectivity index is 1.49. The van der Waals surface area contributed by atoms with E-state index in [0.29, 0.717) is 5.91 Å². The molecule has 0 radical (unpaired) electrons. The molecule has 0 spiro atoms. The summed E-state index contributed by atoms with van der Waals surface area (Å²) in [6.45, 7) is 2.07. The van der Waals surface area contributed by atoms with Crippen molar-refractivity contribution < 1.29 is 4.79 Å². The van der Waals surface area contributed by atoms with Crippen LogP contribution in [0, 0.1) is 23.2 Å². The number of amides is 1. The van der Waals surface area contributed by atoms with E-state index in [2.05, 4.69) is 12.2 Å². The third-order valence-electron chi connectivity index (χ3n) is 6.24. The summed E-state index contributed by atoms with van der Waals surface area (Å²) in [6, 6.07) is 7.85. The molecule has 0 heterocycles. The zero-order valence-electron chi connectivity index (χ0n) is 13.1. The second-order valence-electron chi connectivity index (χ2n) is 7.94. The van der Waals surface area contributed by atoms with Gasteiger partial charge in [0.1, 0.15) is 0 Å². The maximum atomic E-state index is 13.0. The SMILES string of the molecule is CC(NC(=O)C12CC3CC(CC(C3)C1)C2)c1ccc(Cl)cc1. The van der Waals surface area contributed by atoms with E-state index in [1.165, 1.54) is 19.3 Å². The average molecular weight is 318 g/mol. The number of carbonyl (C=O) groups excluding carboxylic acids is 1. The van der Waals surface area contributed by atoms with Crippen molar-refractivity contribution in [1.82, 2.24) is 5.32 Å². The molecule has 4 fully saturated rings. The van der Waals surface area contributed by atoms with Crippen LogP contribution in [0.4, 0.5) is 0 Å². The summed E-state index contributed by atoms with van der Waals surface area (Å²) in [7, 11) is 0. The van der Waals surface area contributed by atoms with Gasteiger partial charge in [0.2, 0.25) is 5.91 Å². The van der Waals surface area contributed by atoms with Gasteiger partial charge in [-0.05, 0) is 80.9 Å². The molecule has 4 aliphatic rings. The van der Waals surface area contributed by atoms with Gasteiger partial charge >= 0.3 is 0 Å². The monoisotopic (exact) mass is 317 g/mol. The van der Waals surface area contributed by atoms with Crippen molar-refractivity contribution in [2.75, 3.05) is 0 Å². The molecule has 1 atom stereocenters. The first-order chi connectivity index (χ1) is 10.5. The number of carbonyl (C=O) groups is 1. The first-order valence-electron chi connectivity index (χ1n) is 8.60. The highest BCUT2D eigenvalue weighted by Gasteiger charge is 2.54. The van der Waals surface area contributed by atoms with Crippen molar-refractivity contribution in [3.8, 4) is 0 Å². The molecule has 118 valence electrons. The number of halogens is 1. The van der Waals surface area contributed by atoms with Crippen molar-refractivity contribution in [1.29, 1.82) is 0 Å². The van der Waals surface area contributed by atoms with Gasteiger partial charge in [-0.15, -0.1) is 0 Å². The van der Waals surface area contributed by atoms with Crippen LogP contribution >= 0.6 is 11.6 Å². The normalized spacial score (nSPS) is 37.1. The Morgan fingerprint density at radius 1 is 1.09 bits per heavy atom. The smallest absolute Gasteiger partial charge is 0.226 e. The number of nitrogens with one attached hydrogen (secondary N) is 1. The average Bonchev–Trinajstić information content (AvgIpc) is 2.46. The highest BCUT2D eigenvalue weighted by atomic mass is 35.5. The summed E-state index contributed by atoms with van der Waals surface area (Å²) in [4.78, 5) is 13.0. The number of benzene rings is 1. The van der Waals surface area contributed by atoms with Crippen LogP contribution in [0.5, 0.6) is 0 Å². The van der Waals surface area contributed by atoms with Gasteiger partial charge in [-0.2, -0.15) is 0 Å². The quantitative estimate of drug-likeness (QED) is 0.857. The lowest BCUT2D eigenvalue weighted by molar-refractivity contribution is -0.147. The molecular weight excluding hydrogens is 294 g/mol. The Morgan fingerprint density at radius 2 is 1.59 bits per heavy atom. The Morgan fingerprint density at radius 3 is 2.09 bits per heavy atom. The van der Waals surface area contributed by atoms with Crippen LogP contribution < -0.4 is 5.32 Å². The lowest BCUT2D eigenvalue weighted by atomic mass is 9.49. The van der Waals surface area contributed by atoms with E-state index in [1.807, 2.05) is 24.3 Å². The molecule has 1 aromatic carbocycles. The minimum Gasteiger partial charge on any atom is -0.349 e. The van der Waals surface area contributed by atoms with Crippen LogP contribution in [-0.2, 0) is 4.79 Å². The van der Waals surface area contributed by atoms with Crippen LogP contribution in [0.15, 0.2) is 24.3 Å². The van der Waals surface area contributed by atoms with E-state index in [9.17, 15) is 4.79 Å². The zero-order chi connectivity index (χ0) is 15.3. The van der Waals surface area contributed by atoms with Crippen molar-refractivity contribution in [3.05, 3.63) is 34.9 Å². The van der Waals surface area contributed by atoms with Crippen molar-refractivity contribution in [2.24, 2.45) is 23.2 Å². The van der Waals surface area contributed by atoms with E-state index in [0.717, 1.165) is 47.6 Å². The number of hydrogen-bond donors (Lipinski definition) is 1. The maximum absolute atomic E-state index is 13.0. The third-order valence-corrected chi connectivity index (χ3v) is 6.49. The Bertz CT molecular complexity index is 544. The molecule has 0 saturated heterocycles. The number of hydrogen-bond acceptors (Lipinski definition) is 1. The number of rotatable bonds is 3. The molecular formula is C19H24ClNO. The predicted molar refractivity (Wildman–Crippen MR) is 88.6 cm³/mol. The maximum Gasteiger partial charge on any atom is 0.226 e. The summed E-state index contributed by atoms with van der Waals surface area (Å²) in [5, 5.41) is 4.03. The van der Waals surface area contributed by atoms with E-state index >= 15 is 0 Å². The lowest BCUT2D eigenvalue weighted by Crippen LogP contribution is -2.53. The molecule has 22 heavy (non-hydrogen) atoms. The van der Waals surface area contributed by atoms with Crippen molar-refractivity contribution >= 4 is 17.5 Å². The minimum absolute atomic E-state index is 0.0535. The van der Waals surface area contributed by atoms with Gasteiger partial charge in [0, 0.05) is 10.4 Å². The summed E-state index contributed by atoms with van der Waals surface area (Å²) in [5.74, 6) is 2.72. The van der Waals surface area contributed by atoms with Crippen LogP contribution in [0.2, 0.25) is 5.02 Å². The fourth-order valence-electron chi connectivity index (χ4n) is 5.57. The molecule has 0 aliphatic heterocycles. The second kappa shape index (κ2) is 5.26. The second-order valence-corrected chi connectivity index (χ2v) is 8.38. The molecule has 1 aromatic rings. The third kappa shape index (κ3) is 2.46. The van der Waals surface area contributed by atoms with Crippen molar-refractivity contribution in [3.63, 3.8) is 0 Å². The molecule has 4 aliphatic carbocycles. The molecule has 5 rings (SSSR count). The molecule has 0 aromatic heterocycles. The van der Waals surface area contributed by atoms with Gasteiger partial charge in [0.15, 0.2) is 0 Å². The van der Waals surface area contributed by atoms with Crippen molar-refractivity contribution in [2.45, 2.75) is 51.5 Å². The Hall–Kier alpha value is -1.02. The van der Waals surface area contributed by atoms with Gasteiger partial charge in [0.25, 0.3) is 0 Å². The Labute approximate surface area is 137 Å². The van der Waals surface area contributed by atoms with E-state index in [4.69, 9.17) is 11.6 Å². The standard InChI is InChI=1S/C19H24ClNO/c1-12(16-2-4-17(20)5-3-16)21-18(22)19-9-13-6-14(10-19)8-15(7-13)11-19/h2-5,12-15H,6-11H2,1H3,(H,21,22). The molecule has 4 bridgehead atoms. The van der Waals surface area contributed by atoms with Crippen LogP contribution in [0.1, 0.15) is 57.1 Å². The van der Waals surface area contributed by atoms with Crippen LogP contribution in [0.3, 0.4) is 0 Å². The van der Waals surface area contributed by atoms with Crippen LogP contribution in [-0.4, -0.2) is 5.91 Å². The van der Waals surface area contributed by atoms with E-state index < -0.39 is 0 Å². The zero-order valence-corrected chi connectivity index (χ0v) is 13.9. The first kappa shape index (κ1) is 14.6. The molecule has 1 unspecified atom stereocenters. The van der Waals surface area contributed by atoms with Gasteiger partial charge in [0.05, 0.1) is 6.04 Å². The molecule has 1 amide bonds. The molecule has 2 nitrogen and oxygen atoms in total. The fraction of sp³-hybridized carbons (Fsp3) is 0.632. The highest BCUT2D eigenvalue weighted by molar-refractivity contribution is 6.30. The highest BCUT2D eigenvalue weighted by Crippen LogP contribution is 2.60. The van der Waals surface area contributed by atoms with Gasteiger partial charge < -0.3 is 5.32 Å². The summed E-state index contributed by atoms with van der Waals surface area (Å²) in [6.07, 6.45) is 7.49. The minimum atomic E-state index is -0.0601. The summed E-state index contributed by atoms with van der Waals surface area (Å²) in [5.41, 5.74) is 1.07. The fourth-order valence-corrected chi connectivity index (χ4v) is 5.70. The first-order valence-corrected chi connectivity index (χ1v) is 8.98. The lowest BCUT2D eigenvalue weighted by Gasteiger charge is -2.55. The van der Waals surface area contributed by atoms with E-state index in [1.54, 1.807) is 0 Å². The summed E-state index contributed by atoms with van der Waals surface area (Å²) >= 11 is 5.95. The predicted octanol–water partition coefficient (Wildman–Crippen LogP) is 4.73. The molecule has 1 N–H and O–H groups in total. The summed E-state index contributed by atoms with van der Waals surface area (Å²) < 4.78 is 0. The molecule has 3 heteroatoms. The van der Waals surface area contributed by atoms with Gasteiger partial charge in [-0.3, -0.25) is 4.79 Å².